The maximum absolute atomic E-state index is 5.49. The van der Waals surface area contributed by atoms with Crippen molar-refractivity contribution in [3.63, 3.8) is 0 Å². The van der Waals surface area contributed by atoms with Gasteiger partial charge in [0.2, 0.25) is 0 Å². The molecular formula is C24H33IN6O. The summed E-state index contributed by atoms with van der Waals surface area (Å²) in [6.45, 7) is 8.92. The van der Waals surface area contributed by atoms with Crippen LogP contribution in [0.15, 0.2) is 66.2 Å². The number of ether oxygens (including phenoxy) is 1. The molecule has 0 spiro atoms. The zero-order valence-electron chi connectivity index (χ0n) is 19.2. The Bertz CT molecular complexity index is 970. The Kier molecular flexibility index (Phi) is 10.1. The van der Waals surface area contributed by atoms with E-state index in [0.29, 0.717) is 19.6 Å². The van der Waals surface area contributed by atoms with Crippen molar-refractivity contribution in [2.75, 3.05) is 20.2 Å². The number of benzene rings is 2. The summed E-state index contributed by atoms with van der Waals surface area (Å²) < 4.78 is 7.31. The van der Waals surface area contributed by atoms with E-state index in [4.69, 9.17) is 9.73 Å². The first-order chi connectivity index (χ1) is 15.0. The fraction of sp³-hybridized carbons (Fsp3) is 0.375. The quantitative estimate of drug-likeness (QED) is 0.240. The van der Waals surface area contributed by atoms with Crippen LogP contribution in [0.4, 0.5) is 0 Å². The standard InChI is InChI=1S/C24H32N6O.HI/c1-5-26-23(28-16-24(2,3)31-4)27-14-21-8-6-7-9-22(21)20-12-10-19(11-13-20)15-30-18-25-17-29-30;/h6-13,17-18H,5,14-16H2,1-4H3,(H2,26,27,28);1H. The van der Waals surface area contributed by atoms with E-state index in [2.05, 4.69) is 76.2 Å². The number of nitrogens with one attached hydrogen (secondary N) is 2. The van der Waals surface area contributed by atoms with E-state index in [1.54, 1.807) is 19.8 Å². The van der Waals surface area contributed by atoms with E-state index in [0.717, 1.165) is 12.5 Å². The first-order valence-electron chi connectivity index (χ1n) is 10.6. The molecule has 0 atom stereocenters. The number of rotatable bonds is 9. The summed E-state index contributed by atoms with van der Waals surface area (Å²) in [6.07, 6.45) is 3.28. The normalized spacial score (nSPS) is 11.7. The molecule has 2 aromatic carbocycles. The molecule has 1 heterocycles. The van der Waals surface area contributed by atoms with E-state index in [1.807, 2.05) is 18.5 Å². The first kappa shape index (κ1) is 25.8. The predicted octanol–water partition coefficient (Wildman–Crippen LogP) is 4.09. The molecule has 0 radical (unpaired) electrons. The third-order valence-corrected chi connectivity index (χ3v) is 5.08. The van der Waals surface area contributed by atoms with E-state index in [9.17, 15) is 0 Å². The molecule has 3 aromatic rings. The van der Waals surface area contributed by atoms with E-state index in [-0.39, 0.29) is 29.6 Å². The van der Waals surface area contributed by atoms with Crippen molar-refractivity contribution >= 4 is 29.9 Å². The Balaban J connectivity index is 0.00000363. The summed E-state index contributed by atoms with van der Waals surface area (Å²) in [4.78, 5) is 8.79. The summed E-state index contributed by atoms with van der Waals surface area (Å²) in [5.74, 6) is 0.783. The highest BCUT2D eigenvalue weighted by molar-refractivity contribution is 14.0. The van der Waals surface area contributed by atoms with Crippen LogP contribution < -0.4 is 10.6 Å². The first-order valence-corrected chi connectivity index (χ1v) is 10.6. The molecule has 0 aliphatic heterocycles. The zero-order chi connectivity index (χ0) is 22.1. The molecule has 8 heteroatoms. The third-order valence-electron chi connectivity index (χ3n) is 5.08. The van der Waals surface area contributed by atoms with Gasteiger partial charge in [0.15, 0.2) is 5.96 Å². The Morgan fingerprint density at radius 3 is 2.50 bits per heavy atom. The van der Waals surface area contributed by atoms with Crippen molar-refractivity contribution in [1.29, 1.82) is 0 Å². The maximum atomic E-state index is 5.49. The molecule has 7 nitrogen and oxygen atoms in total. The number of halogens is 1. The van der Waals surface area contributed by atoms with Crippen molar-refractivity contribution in [3.8, 4) is 11.1 Å². The second-order valence-electron chi connectivity index (χ2n) is 7.96. The van der Waals surface area contributed by atoms with Gasteiger partial charge >= 0.3 is 0 Å². The van der Waals surface area contributed by atoms with Crippen LogP contribution in [0.5, 0.6) is 0 Å². The van der Waals surface area contributed by atoms with Crippen LogP contribution >= 0.6 is 24.0 Å². The van der Waals surface area contributed by atoms with Crippen molar-refractivity contribution < 1.29 is 4.74 Å². The molecule has 2 N–H and O–H groups in total. The molecule has 172 valence electrons. The number of aliphatic imine (C=N–C) groups is 1. The molecule has 1 aromatic heterocycles. The largest absolute Gasteiger partial charge is 0.377 e. The molecular weight excluding hydrogens is 515 g/mol. The number of aromatic nitrogens is 3. The van der Waals surface area contributed by atoms with Gasteiger partial charge in [-0.1, -0.05) is 48.5 Å². The van der Waals surface area contributed by atoms with Gasteiger partial charge in [-0.25, -0.2) is 14.7 Å². The smallest absolute Gasteiger partial charge is 0.191 e. The molecule has 0 unspecified atom stereocenters. The molecule has 0 saturated heterocycles. The molecule has 0 aliphatic carbocycles. The van der Waals surface area contributed by atoms with Crippen LogP contribution in [0.1, 0.15) is 31.9 Å². The van der Waals surface area contributed by atoms with Gasteiger partial charge in [0.1, 0.15) is 12.7 Å². The van der Waals surface area contributed by atoms with Crippen molar-refractivity contribution in [3.05, 3.63) is 72.3 Å². The number of hydrogen-bond donors (Lipinski definition) is 2. The number of methoxy groups -OCH3 is 1. The van der Waals surface area contributed by atoms with Crippen LogP contribution in [0.3, 0.4) is 0 Å². The van der Waals surface area contributed by atoms with Gasteiger partial charge in [0.25, 0.3) is 0 Å². The fourth-order valence-electron chi connectivity index (χ4n) is 3.11. The van der Waals surface area contributed by atoms with Gasteiger partial charge in [-0.15, -0.1) is 24.0 Å². The van der Waals surface area contributed by atoms with E-state index in [1.165, 1.54) is 22.3 Å². The van der Waals surface area contributed by atoms with Crippen molar-refractivity contribution in [1.82, 2.24) is 25.4 Å². The minimum absolute atomic E-state index is 0. The molecule has 0 fully saturated rings. The van der Waals surface area contributed by atoms with E-state index >= 15 is 0 Å². The van der Waals surface area contributed by atoms with Gasteiger partial charge in [-0.2, -0.15) is 5.10 Å². The summed E-state index contributed by atoms with van der Waals surface area (Å²) >= 11 is 0. The molecule has 0 amide bonds. The maximum Gasteiger partial charge on any atom is 0.191 e. The number of nitrogens with zero attached hydrogens (tertiary/aromatic N) is 4. The molecule has 3 rings (SSSR count). The molecule has 0 bridgehead atoms. The average molecular weight is 548 g/mol. The molecule has 32 heavy (non-hydrogen) atoms. The van der Waals surface area contributed by atoms with Crippen LogP contribution in [-0.2, 0) is 17.8 Å². The number of hydrogen-bond acceptors (Lipinski definition) is 4. The summed E-state index contributed by atoms with van der Waals surface area (Å²) in [7, 11) is 1.72. The zero-order valence-corrected chi connectivity index (χ0v) is 21.5. The Hall–Kier alpha value is -2.46. The lowest BCUT2D eigenvalue weighted by Gasteiger charge is -2.24. The lowest BCUT2D eigenvalue weighted by molar-refractivity contribution is 0.0268. The molecule has 0 aliphatic rings. The molecule has 0 saturated carbocycles. The summed E-state index contributed by atoms with van der Waals surface area (Å²) in [5.41, 5.74) is 4.46. The van der Waals surface area contributed by atoms with E-state index < -0.39 is 0 Å². The fourth-order valence-corrected chi connectivity index (χ4v) is 3.11. The number of guanidine groups is 1. The third kappa shape index (κ3) is 7.59. The Labute approximate surface area is 207 Å². The lowest BCUT2D eigenvalue weighted by Crippen LogP contribution is -2.45. The summed E-state index contributed by atoms with van der Waals surface area (Å²) in [6, 6.07) is 17.0. The van der Waals surface area contributed by atoms with Crippen LogP contribution in [0, 0.1) is 0 Å². The van der Waals surface area contributed by atoms with Crippen molar-refractivity contribution in [2.45, 2.75) is 39.5 Å². The Morgan fingerprint density at radius 1 is 1.09 bits per heavy atom. The van der Waals surface area contributed by atoms with Crippen LogP contribution in [0.25, 0.3) is 11.1 Å². The van der Waals surface area contributed by atoms with Gasteiger partial charge in [-0.05, 0) is 43.0 Å². The minimum Gasteiger partial charge on any atom is -0.377 e. The van der Waals surface area contributed by atoms with Gasteiger partial charge in [0, 0.05) is 20.2 Å². The predicted molar refractivity (Wildman–Crippen MR) is 140 cm³/mol. The van der Waals surface area contributed by atoms with Crippen LogP contribution in [-0.4, -0.2) is 46.5 Å². The summed E-state index contributed by atoms with van der Waals surface area (Å²) in [5, 5.41) is 10.8. The highest BCUT2D eigenvalue weighted by Crippen LogP contribution is 2.25. The second-order valence-corrected chi connectivity index (χ2v) is 7.96. The van der Waals surface area contributed by atoms with Crippen molar-refractivity contribution in [2.24, 2.45) is 4.99 Å². The topological polar surface area (TPSA) is 76.4 Å². The lowest BCUT2D eigenvalue weighted by atomic mass is 9.98. The highest BCUT2D eigenvalue weighted by Gasteiger charge is 2.16. The second kappa shape index (κ2) is 12.5. The van der Waals surface area contributed by atoms with Gasteiger partial charge < -0.3 is 15.4 Å². The monoisotopic (exact) mass is 548 g/mol. The minimum atomic E-state index is -0.262. The van der Waals surface area contributed by atoms with Crippen LogP contribution in [0.2, 0.25) is 0 Å². The Morgan fingerprint density at radius 2 is 1.84 bits per heavy atom. The highest BCUT2D eigenvalue weighted by atomic mass is 127. The SMILES string of the molecule is CCNC(=NCc1ccccc1-c1ccc(Cn2cncn2)cc1)NCC(C)(C)OC.I. The van der Waals surface area contributed by atoms with Gasteiger partial charge in [-0.3, -0.25) is 0 Å². The van der Waals surface area contributed by atoms with Gasteiger partial charge in [0.05, 0.1) is 18.7 Å². The average Bonchev–Trinajstić information content (AvgIpc) is 3.29.